The van der Waals surface area contributed by atoms with Gasteiger partial charge in [0.05, 0.1) is 12.7 Å². The van der Waals surface area contributed by atoms with Crippen LogP contribution in [0.25, 0.3) is 0 Å². The van der Waals surface area contributed by atoms with Crippen molar-refractivity contribution >= 4 is 19.9 Å². The van der Waals surface area contributed by atoms with E-state index in [2.05, 4.69) is 41.5 Å². The summed E-state index contributed by atoms with van der Waals surface area (Å²) in [5, 5.41) is 9.86. The molecule has 2 nitrogen and oxygen atoms in total. The van der Waals surface area contributed by atoms with E-state index in [9.17, 15) is 5.11 Å². The highest BCUT2D eigenvalue weighted by molar-refractivity contribution is 6.77. The van der Waals surface area contributed by atoms with E-state index in [0.29, 0.717) is 29.1 Å². The van der Waals surface area contributed by atoms with E-state index in [4.69, 9.17) is 16.0 Å². The fourth-order valence-electron chi connectivity index (χ4n) is 3.45. The number of hydrogen-bond donors (Lipinski definition) is 1. The van der Waals surface area contributed by atoms with Crippen LogP contribution < -0.4 is 0 Å². The minimum Gasteiger partial charge on any atom is -0.412 e. The number of aliphatic hydroxyl groups excluding tert-OH is 1. The zero-order valence-corrected chi connectivity index (χ0v) is 16.5. The van der Waals surface area contributed by atoms with Crippen molar-refractivity contribution in [3.8, 4) is 0 Å². The van der Waals surface area contributed by atoms with E-state index < -0.39 is 8.32 Å². The molecule has 0 radical (unpaired) electrons. The molecule has 0 aromatic rings. The molecule has 0 amide bonds. The first-order chi connectivity index (χ1) is 9.78. The summed E-state index contributed by atoms with van der Waals surface area (Å²) in [5.74, 6) is 0.671. The molecule has 0 saturated carbocycles. The Balaban J connectivity index is 4.44. The second-order valence-corrected chi connectivity index (χ2v) is 12.6. The number of aliphatic hydroxyl groups is 1. The lowest BCUT2D eigenvalue weighted by Gasteiger charge is -2.41. The van der Waals surface area contributed by atoms with Gasteiger partial charge >= 0.3 is 0 Å². The van der Waals surface area contributed by atoms with E-state index in [-0.39, 0.29) is 6.10 Å². The van der Waals surface area contributed by atoms with Gasteiger partial charge < -0.3 is 9.53 Å². The summed E-state index contributed by atoms with van der Waals surface area (Å²) in [6.07, 6.45) is 6.20. The summed E-state index contributed by atoms with van der Waals surface area (Å²) in [6.45, 7) is 14.4. The van der Waals surface area contributed by atoms with Gasteiger partial charge in [-0.3, -0.25) is 0 Å². The van der Waals surface area contributed by atoms with Crippen LogP contribution in [-0.4, -0.2) is 32.0 Å². The van der Waals surface area contributed by atoms with E-state index in [1.807, 2.05) is 12.2 Å². The van der Waals surface area contributed by atoms with Crippen molar-refractivity contribution in [2.75, 3.05) is 12.5 Å². The molecule has 4 heteroatoms. The highest BCUT2D eigenvalue weighted by Gasteiger charge is 2.44. The normalized spacial score (nSPS) is 14.8. The Kier molecular flexibility index (Phi) is 10.9. The first kappa shape index (κ1) is 21.2. The lowest BCUT2D eigenvalue weighted by Crippen LogP contribution is -2.47. The molecule has 0 saturated heterocycles. The van der Waals surface area contributed by atoms with Crippen molar-refractivity contribution in [1.82, 2.24) is 0 Å². The Morgan fingerprint density at radius 1 is 1.00 bits per heavy atom. The Labute approximate surface area is 138 Å². The molecule has 0 aromatic heterocycles. The molecular weight excluding hydrogens is 300 g/mol. The van der Waals surface area contributed by atoms with Crippen LogP contribution in [0.15, 0.2) is 12.2 Å². The minimum atomic E-state index is -1.78. The van der Waals surface area contributed by atoms with Gasteiger partial charge in [-0.2, -0.15) is 0 Å². The fourth-order valence-corrected chi connectivity index (χ4v) is 9.02. The van der Waals surface area contributed by atoms with E-state index >= 15 is 0 Å². The van der Waals surface area contributed by atoms with Crippen molar-refractivity contribution in [2.45, 2.75) is 83.5 Å². The largest absolute Gasteiger partial charge is 0.412 e. The highest BCUT2D eigenvalue weighted by atomic mass is 35.5. The number of alkyl halides is 1. The van der Waals surface area contributed by atoms with E-state index in [0.717, 1.165) is 19.3 Å². The van der Waals surface area contributed by atoms with Gasteiger partial charge in [0.15, 0.2) is 0 Å². The van der Waals surface area contributed by atoms with Crippen LogP contribution in [0.4, 0.5) is 0 Å². The number of halogens is 1. The van der Waals surface area contributed by atoms with Crippen LogP contribution in [0.3, 0.4) is 0 Å². The second kappa shape index (κ2) is 10.8. The monoisotopic (exact) mass is 334 g/mol. The molecule has 1 N–H and O–H groups in total. The summed E-state index contributed by atoms with van der Waals surface area (Å²) in [6, 6.07) is 0. The van der Waals surface area contributed by atoms with Crippen molar-refractivity contribution in [3.05, 3.63) is 12.2 Å². The predicted octanol–water partition coefficient (Wildman–Crippen LogP) is 5.50. The number of unbranched alkanes of at least 4 members (excludes halogenated alkanes) is 1. The molecular formula is C17H35ClO2Si. The van der Waals surface area contributed by atoms with Crippen LogP contribution in [0.2, 0.25) is 16.6 Å². The average Bonchev–Trinajstić information content (AvgIpc) is 2.37. The molecule has 126 valence electrons. The molecule has 0 aliphatic rings. The molecule has 0 fully saturated rings. The Morgan fingerprint density at radius 3 is 1.95 bits per heavy atom. The molecule has 1 atom stereocenters. The van der Waals surface area contributed by atoms with Gasteiger partial charge in [0.1, 0.15) is 0 Å². The van der Waals surface area contributed by atoms with Crippen molar-refractivity contribution in [3.63, 3.8) is 0 Å². The van der Waals surface area contributed by atoms with Gasteiger partial charge in [0, 0.05) is 5.88 Å². The molecule has 0 heterocycles. The Morgan fingerprint density at radius 2 is 1.52 bits per heavy atom. The maximum absolute atomic E-state index is 9.86. The molecule has 0 aromatic carbocycles. The second-order valence-electron chi connectivity index (χ2n) is 6.81. The predicted molar refractivity (Wildman–Crippen MR) is 96.7 cm³/mol. The number of hydrogen-bond acceptors (Lipinski definition) is 2. The molecule has 0 unspecified atom stereocenters. The summed E-state index contributed by atoms with van der Waals surface area (Å²) < 4.78 is 6.41. The van der Waals surface area contributed by atoms with E-state index in [1.165, 1.54) is 0 Å². The first-order valence-corrected chi connectivity index (χ1v) is 11.0. The van der Waals surface area contributed by atoms with Gasteiger partial charge in [-0.1, -0.05) is 53.7 Å². The van der Waals surface area contributed by atoms with Gasteiger partial charge in [-0.05, 0) is 35.9 Å². The maximum atomic E-state index is 9.86. The fraction of sp³-hybridized carbons (Fsp3) is 0.882. The zero-order valence-electron chi connectivity index (χ0n) is 14.7. The molecule has 21 heavy (non-hydrogen) atoms. The van der Waals surface area contributed by atoms with Crippen LogP contribution >= 0.6 is 11.6 Å². The molecule has 0 aliphatic heterocycles. The van der Waals surface area contributed by atoms with Gasteiger partial charge in [0.2, 0.25) is 8.32 Å². The minimum absolute atomic E-state index is 0.370. The molecule has 0 aliphatic carbocycles. The third-order valence-electron chi connectivity index (χ3n) is 4.38. The standard InChI is InChI=1S/C17H35ClO2Si/c1-14(2)21(15(3)4,16(5)6)20-13-9-11-17(19)10-7-8-12-18/h9,11,14-17,19H,7-8,10,12-13H2,1-6H3/b11-9+/t17-/m0/s1. The van der Waals surface area contributed by atoms with Crippen molar-refractivity contribution in [2.24, 2.45) is 0 Å². The molecule has 0 rings (SSSR count). The topological polar surface area (TPSA) is 29.5 Å². The lowest BCUT2D eigenvalue weighted by molar-refractivity contribution is 0.208. The SMILES string of the molecule is CC(C)[Si](OC/C=C/[C@@H](O)CCCCCl)(C(C)C)C(C)C. The summed E-state index contributed by atoms with van der Waals surface area (Å²) in [7, 11) is -1.78. The van der Waals surface area contributed by atoms with Crippen molar-refractivity contribution < 1.29 is 9.53 Å². The quantitative estimate of drug-likeness (QED) is 0.234. The summed E-state index contributed by atoms with van der Waals surface area (Å²) >= 11 is 5.64. The van der Waals surface area contributed by atoms with Crippen LogP contribution in [0, 0.1) is 0 Å². The third-order valence-corrected chi connectivity index (χ3v) is 10.7. The maximum Gasteiger partial charge on any atom is 0.200 e. The average molecular weight is 335 g/mol. The van der Waals surface area contributed by atoms with Crippen LogP contribution in [0.5, 0.6) is 0 Å². The van der Waals surface area contributed by atoms with Crippen LogP contribution in [0.1, 0.15) is 60.8 Å². The Hall–Kier alpha value is 0.167. The summed E-state index contributed by atoms with van der Waals surface area (Å²) in [5.41, 5.74) is 1.79. The zero-order chi connectivity index (χ0) is 16.5. The Bertz CT molecular complexity index is 269. The molecule has 0 spiro atoms. The van der Waals surface area contributed by atoms with Gasteiger partial charge in [-0.15, -0.1) is 11.6 Å². The number of rotatable bonds is 11. The third kappa shape index (κ3) is 6.85. The first-order valence-electron chi connectivity index (χ1n) is 8.33. The van der Waals surface area contributed by atoms with E-state index in [1.54, 1.807) is 0 Å². The summed E-state index contributed by atoms with van der Waals surface area (Å²) in [4.78, 5) is 0. The highest BCUT2D eigenvalue weighted by Crippen LogP contribution is 2.42. The van der Waals surface area contributed by atoms with Gasteiger partial charge in [-0.25, -0.2) is 0 Å². The lowest BCUT2D eigenvalue weighted by atomic mass is 10.1. The van der Waals surface area contributed by atoms with Crippen LogP contribution in [-0.2, 0) is 4.43 Å². The smallest absolute Gasteiger partial charge is 0.200 e. The van der Waals surface area contributed by atoms with Gasteiger partial charge in [0.25, 0.3) is 0 Å². The van der Waals surface area contributed by atoms with Crippen molar-refractivity contribution in [1.29, 1.82) is 0 Å². The molecule has 0 bridgehead atoms.